The third-order valence-corrected chi connectivity index (χ3v) is 4.59. The van der Waals surface area contributed by atoms with E-state index in [1.165, 1.54) is 37.7 Å². The van der Waals surface area contributed by atoms with Crippen LogP contribution in [0.3, 0.4) is 0 Å². The summed E-state index contributed by atoms with van der Waals surface area (Å²) in [5.74, 6) is 0. The van der Waals surface area contributed by atoms with E-state index in [1.54, 1.807) is 0 Å². The minimum absolute atomic E-state index is 0.615. The van der Waals surface area contributed by atoms with Crippen LogP contribution in [0.1, 0.15) is 46.0 Å². The zero-order valence-corrected chi connectivity index (χ0v) is 11.4. The van der Waals surface area contributed by atoms with Crippen LogP contribution in [0.15, 0.2) is 23.8 Å². The van der Waals surface area contributed by atoms with Crippen LogP contribution in [0.5, 0.6) is 0 Å². The third-order valence-electron chi connectivity index (χ3n) is 3.15. The van der Waals surface area contributed by atoms with Gasteiger partial charge in [0.1, 0.15) is 0 Å². The SMILES string of the molecule is C/C=C(\C=C/C(C)SC1CCCCC1)CN. The van der Waals surface area contributed by atoms with Crippen molar-refractivity contribution in [2.45, 2.75) is 56.5 Å². The Kier molecular flexibility index (Phi) is 6.90. The second-order valence-electron chi connectivity index (χ2n) is 4.53. The van der Waals surface area contributed by atoms with E-state index in [0.717, 1.165) is 5.25 Å². The largest absolute Gasteiger partial charge is 0.327 e. The van der Waals surface area contributed by atoms with Gasteiger partial charge in [-0.25, -0.2) is 0 Å². The first kappa shape index (κ1) is 13.9. The minimum atomic E-state index is 0.615. The highest BCUT2D eigenvalue weighted by molar-refractivity contribution is 8.00. The van der Waals surface area contributed by atoms with E-state index >= 15 is 0 Å². The lowest BCUT2D eigenvalue weighted by Crippen LogP contribution is -2.11. The van der Waals surface area contributed by atoms with Gasteiger partial charge in [-0.3, -0.25) is 0 Å². The third kappa shape index (κ3) is 5.22. The van der Waals surface area contributed by atoms with Crippen molar-refractivity contribution in [3.05, 3.63) is 23.8 Å². The summed E-state index contributed by atoms with van der Waals surface area (Å²) in [6.07, 6.45) is 13.7. The van der Waals surface area contributed by atoms with Crippen LogP contribution < -0.4 is 5.73 Å². The molecule has 92 valence electrons. The Morgan fingerprint density at radius 1 is 1.38 bits per heavy atom. The van der Waals surface area contributed by atoms with Gasteiger partial charge in [0.05, 0.1) is 0 Å². The highest BCUT2D eigenvalue weighted by Gasteiger charge is 2.15. The summed E-state index contributed by atoms with van der Waals surface area (Å²) < 4.78 is 0. The lowest BCUT2D eigenvalue weighted by Gasteiger charge is -2.23. The van der Waals surface area contributed by atoms with E-state index in [2.05, 4.69) is 36.9 Å². The lowest BCUT2D eigenvalue weighted by atomic mass is 10.0. The van der Waals surface area contributed by atoms with Gasteiger partial charge in [0.2, 0.25) is 0 Å². The van der Waals surface area contributed by atoms with E-state index in [-0.39, 0.29) is 0 Å². The van der Waals surface area contributed by atoms with Gasteiger partial charge in [-0.15, -0.1) is 0 Å². The van der Waals surface area contributed by atoms with Gasteiger partial charge in [0, 0.05) is 17.0 Å². The molecule has 1 saturated carbocycles. The molecule has 0 radical (unpaired) electrons. The van der Waals surface area contributed by atoms with Gasteiger partial charge in [0.25, 0.3) is 0 Å². The zero-order chi connectivity index (χ0) is 11.8. The van der Waals surface area contributed by atoms with Crippen LogP contribution >= 0.6 is 11.8 Å². The summed E-state index contributed by atoms with van der Waals surface area (Å²) >= 11 is 2.13. The van der Waals surface area contributed by atoms with E-state index in [0.29, 0.717) is 11.8 Å². The lowest BCUT2D eigenvalue weighted by molar-refractivity contribution is 0.515. The van der Waals surface area contributed by atoms with Gasteiger partial charge >= 0.3 is 0 Å². The highest BCUT2D eigenvalue weighted by Crippen LogP contribution is 2.31. The second kappa shape index (κ2) is 7.97. The van der Waals surface area contributed by atoms with Crippen LogP contribution in [0.2, 0.25) is 0 Å². The van der Waals surface area contributed by atoms with E-state index in [9.17, 15) is 0 Å². The molecule has 1 aliphatic carbocycles. The maximum atomic E-state index is 5.63. The summed E-state index contributed by atoms with van der Waals surface area (Å²) in [6.45, 7) is 4.98. The normalized spacial score (nSPS) is 21.6. The van der Waals surface area contributed by atoms with Gasteiger partial charge in [-0.1, -0.05) is 37.5 Å². The van der Waals surface area contributed by atoms with Gasteiger partial charge in [0.15, 0.2) is 0 Å². The molecule has 1 atom stereocenters. The minimum Gasteiger partial charge on any atom is -0.327 e. The van der Waals surface area contributed by atoms with Crippen molar-refractivity contribution in [2.75, 3.05) is 6.54 Å². The molecule has 16 heavy (non-hydrogen) atoms. The quantitative estimate of drug-likeness (QED) is 0.736. The average molecular weight is 239 g/mol. The molecule has 0 bridgehead atoms. The molecule has 0 aliphatic heterocycles. The Balaban J connectivity index is 2.31. The number of rotatable bonds is 5. The standard InChI is InChI=1S/C14H25NS/c1-3-13(11-15)10-9-12(2)16-14-7-5-4-6-8-14/h3,9-10,12,14H,4-8,11,15H2,1-2H3/b10-9-,13-3+. The predicted octanol–water partition coefficient (Wildman–Crippen LogP) is 3.90. The molecule has 0 amide bonds. The Morgan fingerprint density at radius 2 is 2.06 bits per heavy atom. The van der Waals surface area contributed by atoms with Crippen LogP contribution in [-0.2, 0) is 0 Å². The zero-order valence-electron chi connectivity index (χ0n) is 10.6. The monoisotopic (exact) mass is 239 g/mol. The summed E-state index contributed by atoms with van der Waals surface area (Å²) in [5.41, 5.74) is 6.86. The molecule has 0 aromatic rings. The Hall–Kier alpha value is -0.210. The molecule has 2 heteroatoms. The first-order valence-electron chi connectivity index (χ1n) is 6.45. The summed E-state index contributed by atoms with van der Waals surface area (Å²) in [7, 11) is 0. The van der Waals surface area contributed by atoms with E-state index in [1.807, 2.05) is 6.92 Å². The molecule has 1 unspecified atom stereocenters. The average Bonchev–Trinajstić information content (AvgIpc) is 2.31. The smallest absolute Gasteiger partial charge is 0.0204 e. The molecular formula is C14H25NS. The number of thioether (sulfide) groups is 1. The molecule has 1 rings (SSSR count). The Bertz CT molecular complexity index is 239. The van der Waals surface area contributed by atoms with Crippen molar-refractivity contribution in [1.82, 2.24) is 0 Å². The van der Waals surface area contributed by atoms with Crippen LogP contribution in [0.25, 0.3) is 0 Å². The first-order valence-corrected chi connectivity index (χ1v) is 7.39. The van der Waals surface area contributed by atoms with Crippen LogP contribution in [0.4, 0.5) is 0 Å². The predicted molar refractivity (Wildman–Crippen MR) is 75.9 cm³/mol. The maximum absolute atomic E-state index is 5.63. The molecule has 2 N–H and O–H groups in total. The molecule has 0 spiro atoms. The molecule has 1 aliphatic rings. The van der Waals surface area contributed by atoms with E-state index < -0.39 is 0 Å². The summed E-state index contributed by atoms with van der Waals surface area (Å²) in [6, 6.07) is 0. The number of allylic oxidation sites excluding steroid dienone is 1. The van der Waals surface area contributed by atoms with Crippen molar-refractivity contribution in [2.24, 2.45) is 5.73 Å². The summed E-state index contributed by atoms with van der Waals surface area (Å²) in [4.78, 5) is 0. The molecule has 0 saturated heterocycles. The second-order valence-corrected chi connectivity index (χ2v) is 6.21. The van der Waals surface area contributed by atoms with Crippen molar-refractivity contribution in [1.29, 1.82) is 0 Å². The van der Waals surface area contributed by atoms with Crippen molar-refractivity contribution in [3.8, 4) is 0 Å². The highest BCUT2D eigenvalue weighted by atomic mass is 32.2. The maximum Gasteiger partial charge on any atom is 0.0204 e. The van der Waals surface area contributed by atoms with Crippen molar-refractivity contribution < 1.29 is 0 Å². The molecule has 1 fully saturated rings. The molecule has 1 nitrogen and oxygen atoms in total. The van der Waals surface area contributed by atoms with E-state index in [4.69, 9.17) is 5.73 Å². The molecule has 0 heterocycles. The number of hydrogen-bond acceptors (Lipinski definition) is 2. The first-order chi connectivity index (χ1) is 7.76. The molecular weight excluding hydrogens is 214 g/mol. The topological polar surface area (TPSA) is 26.0 Å². The van der Waals surface area contributed by atoms with Gasteiger partial charge in [-0.2, -0.15) is 11.8 Å². The fourth-order valence-corrected chi connectivity index (χ4v) is 3.47. The van der Waals surface area contributed by atoms with Crippen molar-refractivity contribution in [3.63, 3.8) is 0 Å². The number of nitrogens with two attached hydrogens (primary N) is 1. The van der Waals surface area contributed by atoms with Gasteiger partial charge in [-0.05, 0) is 32.3 Å². The van der Waals surface area contributed by atoms with Crippen molar-refractivity contribution >= 4 is 11.8 Å². The number of hydrogen-bond donors (Lipinski definition) is 1. The Labute approximate surface area is 105 Å². The van der Waals surface area contributed by atoms with Crippen LogP contribution in [0, 0.1) is 0 Å². The van der Waals surface area contributed by atoms with Gasteiger partial charge < -0.3 is 5.73 Å². The Morgan fingerprint density at radius 3 is 2.62 bits per heavy atom. The summed E-state index contributed by atoms with van der Waals surface area (Å²) in [5, 5.41) is 1.50. The van der Waals surface area contributed by atoms with Crippen LogP contribution in [-0.4, -0.2) is 17.0 Å². The molecule has 0 aromatic carbocycles. The fourth-order valence-electron chi connectivity index (χ4n) is 2.09. The fraction of sp³-hybridized carbons (Fsp3) is 0.714. The molecule has 0 aromatic heterocycles.